The minimum Gasteiger partial charge on any atom is -0.452 e. The summed E-state index contributed by atoms with van der Waals surface area (Å²) in [5, 5.41) is 4.33. The Kier molecular flexibility index (Phi) is 8.02. The highest BCUT2D eigenvalue weighted by molar-refractivity contribution is 7.89. The highest BCUT2D eigenvalue weighted by atomic mass is 32.2. The molecule has 1 aromatic carbocycles. The van der Waals surface area contributed by atoms with E-state index in [1.54, 1.807) is 6.92 Å². The summed E-state index contributed by atoms with van der Waals surface area (Å²) in [5.41, 5.74) is -0.0230. The number of sulfonamides is 1. The molecule has 0 atom stereocenters. The van der Waals surface area contributed by atoms with E-state index in [0.717, 1.165) is 6.07 Å². The van der Waals surface area contributed by atoms with Crippen LogP contribution in [0.4, 0.5) is 4.79 Å². The first-order chi connectivity index (χ1) is 11.8. The molecule has 3 N–H and O–H groups in total. The number of benzene rings is 1. The van der Waals surface area contributed by atoms with Crippen LogP contribution in [0, 0.1) is 0 Å². The molecule has 1 rings (SSSR count). The van der Waals surface area contributed by atoms with E-state index < -0.39 is 34.5 Å². The average molecular weight is 371 g/mol. The van der Waals surface area contributed by atoms with Crippen molar-refractivity contribution >= 4 is 27.9 Å². The maximum Gasteiger partial charge on any atom is 0.338 e. The lowest BCUT2D eigenvalue weighted by Gasteiger charge is -2.08. The molecule has 0 saturated carbocycles. The van der Waals surface area contributed by atoms with Crippen LogP contribution in [0.3, 0.4) is 0 Å². The number of carbonyl (C=O) groups is 3. The molecule has 3 amide bonds. The molecule has 0 heterocycles. The molecule has 0 spiro atoms. The van der Waals surface area contributed by atoms with Crippen LogP contribution in [0.2, 0.25) is 0 Å². The largest absolute Gasteiger partial charge is 0.452 e. The summed E-state index contributed by atoms with van der Waals surface area (Å²) in [6.07, 6.45) is 0.627. The Morgan fingerprint density at radius 3 is 2.52 bits per heavy atom. The van der Waals surface area contributed by atoms with Crippen LogP contribution in [0.5, 0.6) is 0 Å². The molecule has 0 radical (unpaired) electrons. The maximum atomic E-state index is 12.0. The van der Waals surface area contributed by atoms with Gasteiger partial charge < -0.3 is 10.1 Å². The minimum atomic E-state index is -3.72. The number of carbonyl (C=O) groups excluding carboxylic acids is 3. The molecule has 0 aromatic heterocycles. The predicted molar refractivity (Wildman–Crippen MR) is 89.4 cm³/mol. The van der Waals surface area contributed by atoms with Crippen molar-refractivity contribution in [2.24, 2.45) is 0 Å². The molecular weight excluding hydrogens is 350 g/mol. The number of nitrogens with one attached hydrogen (secondary N) is 3. The lowest BCUT2D eigenvalue weighted by molar-refractivity contribution is -0.123. The molecular formula is C15H21N3O6S. The zero-order valence-electron chi connectivity index (χ0n) is 14.0. The second kappa shape index (κ2) is 9.74. The standard InChI is InChI=1S/C15H21N3O6S/c1-3-8-17-25(22,23)12-7-5-6-11(9-12)14(20)24-10-13(19)18-15(21)16-4-2/h5-7,9,17H,3-4,8,10H2,1-2H3,(H2,16,18,19,21). The van der Waals surface area contributed by atoms with Crippen LogP contribution < -0.4 is 15.4 Å². The molecule has 0 aliphatic carbocycles. The van der Waals surface area contributed by atoms with Crippen LogP contribution in [0.25, 0.3) is 0 Å². The van der Waals surface area contributed by atoms with Crippen LogP contribution in [-0.2, 0) is 19.6 Å². The van der Waals surface area contributed by atoms with Gasteiger partial charge in [0.15, 0.2) is 6.61 Å². The first-order valence-corrected chi connectivity index (χ1v) is 9.13. The van der Waals surface area contributed by atoms with E-state index in [1.165, 1.54) is 18.2 Å². The van der Waals surface area contributed by atoms with Gasteiger partial charge in [-0.25, -0.2) is 22.7 Å². The second-order valence-electron chi connectivity index (χ2n) is 4.91. The van der Waals surface area contributed by atoms with E-state index in [1.807, 2.05) is 12.2 Å². The zero-order valence-corrected chi connectivity index (χ0v) is 14.8. The van der Waals surface area contributed by atoms with Crippen molar-refractivity contribution in [3.05, 3.63) is 29.8 Å². The highest BCUT2D eigenvalue weighted by Gasteiger charge is 2.17. The molecule has 0 unspecified atom stereocenters. The average Bonchev–Trinajstić information content (AvgIpc) is 2.58. The Morgan fingerprint density at radius 1 is 1.16 bits per heavy atom. The lowest BCUT2D eigenvalue weighted by atomic mass is 10.2. The third-order valence-electron chi connectivity index (χ3n) is 2.85. The van der Waals surface area contributed by atoms with Crippen LogP contribution in [0.15, 0.2) is 29.2 Å². The SMILES string of the molecule is CCCNS(=O)(=O)c1cccc(C(=O)OCC(=O)NC(=O)NCC)c1. The van der Waals surface area contributed by atoms with E-state index in [0.29, 0.717) is 13.0 Å². The van der Waals surface area contributed by atoms with Gasteiger partial charge in [0, 0.05) is 13.1 Å². The first kappa shape index (κ1) is 20.6. The van der Waals surface area contributed by atoms with Gasteiger partial charge in [0.2, 0.25) is 10.0 Å². The minimum absolute atomic E-state index is 0.0230. The molecule has 0 aliphatic heterocycles. The Hall–Kier alpha value is -2.46. The summed E-state index contributed by atoms with van der Waals surface area (Å²) in [6.45, 7) is 3.45. The van der Waals surface area contributed by atoms with Crippen molar-refractivity contribution in [3.8, 4) is 0 Å². The summed E-state index contributed by atoms with van der Waals surface area (Å²) in [4.78, 5) is 34.5. The third kappa shape index (κ3) is 6.89. The van der Waals surface area contributed by atoms with Gasteiger partial charge in [0.25, 0.3) is 5.91 Å². The molecule has 10 heteroatoms. The van der Waals surface area contributed by atoms with E-state index >= 15 is 0 Å². The van der Waals surface area contributed by atoms with Crippen molar-refractivity contribution in [2.45, 2.75) is 25.2 Å². The van der Waals surface area contributed by atoms with Crippen molar-refractivity contribution < 1.29 is 27.5 Å². The number of amides is 3. The van der Waals surface area contributed by atoms with Crippen molar-refractivity contribution in [3.63, 3.8) is 0 Å². The fraction of sp³-hybridized carbons (Fsp3) is 0.400. The number of rotatable bonds is 8. The van der Waals surface area contributed by atoms with Crippen molar-refractivity contribution in [1.82, 2.24) is 15.4 Å². The van der Waals surface area contributed by atoms with Gasteiger partial charge in [-0.15, -0.1) is 0 Å². The zero-order chi connectivity index (χ0) is 18.9. The lowest BCUT2D eigenvalue weighted by Crippen LogP contribution is -2.41. The highest BCUT2D eigenvalue weighted by Crippen LogP contribution is 2.12. The van der Waals surface area contributed by atoms with Crippen molar-refractivity contribution in [1.29, 1.82) is 0 Å². The van der Waals surface area contributed by atoms with E-state index in [-0.39, 0.29) is 17.0 Å². The molecule has 0 bridgehead atoms. The Balaban J connectivity index is 2.69. The molecule has 25 heavy (non-hydrogen) atoms. The van der Waals surface area contributed by atoms with Gasteiger partial charge in [-0.05, 0) is 31.5 Å². The predicted octanol–water partition coefficient (Wildman–Crippen LogP) is 0.377. The summed E-state index contributed by atoms with van der Waals surface area (Å²) in [7, 11) is -3.72. The monoisotopic (exact) mass is 371 g/mol. The number of ether oxygens (including phenoxy) is 1. The fourth-order valence-corrected chi connectivity index (χ4v) is 2.87. The topological polar surface area (TPSA) is 131 Å². The summed E-state index contributed by atoms with van der Waals surface area (Å²) < 4.78 is 31.2. The van der Waals surface area contributed by atoms with Gasteiger partial charge in [-0.1, -0.05) is 13.0 Å². The Morgan fingerprint density at radius 2 is 1.88 bits per heavy atom. The van der Waals surface area contributed by atoms with Gasteiger partial charge in [0.1, 0.15) is 0 Å². The maximum absolute atomic E-state index is 12.0. The van der Waals surface area contributed by atoms with Gasteiger partial charge in [-0.3, -0.25) is 10.1 Å². The quantitative estimate of drug-likeness (QED) is 0.566. The summed E-state index contributed by atoms with van der Waals surface area (Å²) in [6, 6.07) is 4.56. The normalized spacial score (nSPS) is 10.8. The van der Waals surface area contributed by atoms with E-state index in [9.17, 15) is 22.8 Å². The smallest absolute Gasteiger partial charge is 0.338 e. The van der Waals surface area contributed by atoms with E-state index in [4.69, 9.17) is 4.74 Å². The van der Waals surface area contributed by atoms with Crippen LogP contribution >= 0.6 is 0 Å². The number of esters is 1. The summed E-state index contributed by atoms with van der Waals surface area (Å²) >= 11 is 0. The molecule has 1 aromatic rings. The molecule has 0 aliphatic rings. The van der Waals surface area contributed by atoms with Crippen LogP contribution in [0.1, 0.15) is 30.6 Å². The fourth-order valence-electron chi connectivity index (χ4n) is 1.69. The first-order valence-electron chi connectivity index (χ1n) is 7.64. The number of hydrogen-bond donors (Lipinski definition) is 3. The Bertz CT molecular complexity index is 733. The Labute approximate surface area is 146 Å². The van der Waals surface area contributed by atoms with Crippen molar-refractivity contribution in [2.75, 3.05) is 19.7 Å². The summed E-state index contributed by atoms with van der Waals surface area (Å²) in [5.74, 6) is -1.67. The number of imide groups is 1. The number of urea groups is 1. The van der Waals surface area contributed by atoms with Gasteiger partial charge >= 0.3 is 12.0 Å². The molecule has 0 fully saturated rings. The molecule has 0 saturated heterocycles. The van der Waals surface area contributed by atoms with Gasteiger partial charge in [0.05, 0.1) is 10.5 Å². The third-order valence-corrected chi connectivity index (χ3v) is 4.31. The number of hydrogen-bond acceptors (Lipinski definition) is 6. The second-order valence-corrected chi connectivity index (χ2v) is 6.68. The molecule has 9 nitrogen and oxygen atoms in total. The molecule has 138 valence electrons. The van der Waals surface area contributed by atoms with Gasteiger partial charge in [-0.2, -0.15) is 0 Å². The van der Waals surface area contributed by atoms with E-state index in [2.05, 4.69) is 10.0 Å². The van der Waals surface area contributed by atoms with Crippen LogP contribution in [-0.4, -0.2) is 46.0 Å².